The van der Waals surface area contributed by atoms with Crippen LogP contribution in [0.15, 0.2) is 12.4 Å². The zero-order chi connectivity index (χ0) is 14.8. The van der Waals surface area contributed by atoms with E-state index in [9.17, 15) is 14.7 Å². The van der Waals surface area contributed by atoms with Crippen molar-refractivity contribution in [1.82, 2.24) is 20.2 Å². The third-order valence-electron chi connectivity index (χ3n) is 3.73. The van der Waals surface area contributed by atoms with Gasteiger partial charge in [-0.15, -0.1) is 0 Å². The van der Waals surface area contributed by atoms with Crippen molar-refractivity contribution in [3.05, 3.63) is 18.2 Å². The number of piperidine rings is 1. The molecule has 7 heteroatoms. The quantitative estimate of drug-likeness (QED) is 0.774. The molecule has 0 saturated carbocycles. The number of H-pyrrole nitrogens is 1. The number of carboxylic acids is 1. The van der Waals surface area contributed by atoms with Gasteiger partial charge in [-0.05, 0) is 18.3 Å². The van der Waals surface area contributed by atoms with Crippen LogP contribution in [-0.4, -0.2) is 44.6 Å². The van der Waals surface area contributed by atoms with E-state index < -0.39 is 17.4 Å². The van der Waals surface area contributed by atoms with Gasteiger partial charge in [0.15, 0.2) is 0 Å². The van der Waals surface area contributed by atoms with Gasteiger partial charge in [-0.25, -0.2) is 14.6 Å². The van der Waals surface area contributed by atoms with Crippen LogP contribution in [0.25, 0.3) is 0 Å². The maximum atomic E-state index is 12.2. The van der Waals surface area contributed by atoms with Crippen LogP contribution in [0, 0.1) is 5.41 Å². The number of amides is 2. The monoisotopic (exact) mass is 280 g/mol. The number of urea groups is 1. The van der Waals surface area contributed by atoms with Crippen molar-refractivity contribution in [1.29, 1.82) is 0 Å². The molecule has 1 aromatic rings. The first-order valence-electron chi connectivity index (χ1n) is 6.67. The molecule has 0 aliphatic carbocycles. The fourth-order valence-electron chi connectivity index (χ4n) is 2.73. The molecule has 1 saturated heterocycles. The number of hydrogen-bond acceptors (Lipinski definition) is 3. The standard InChI is InChI=1S/C13H20N4O3/c1-13(2)4-3-7-17(10(13)11(18)19)12(20)16-8-9-14-5-6-15-9/h5-6,10H,3-4,7-8H2,1-2H3,(H,14,15)(H,16,20)(H,18,19). The third-order valence-corrected chi connectivity index (χ3v) is 3.73. The van der Waals surface area contributed by atoms with Gasteiger partial charge in [0.25, 0.3) is 0 Å². The average molecular weight is 280 g/mol. The minimum Gasteiger partial charge on any atom is -0.480 e. The number of nitrogens with one attached hydrogen (secondary N) is 2. The molecule has 0 radical (unpaired) electrons. The van der Waals surface area contributed by atoms with Crippen molar-refractivity contribution in [3.63, 3.8) is 0 Å². The molecule has 20 heavy (non-hydrogen) atoms. The van der Waals surface area contributed by atoms with Crippen LogP contribution >= 0.6 is 0 Å². The highest BCUT2D eigenvalue weighted by Gasteiger charge is 2.44. The van der Waals surface area contributed by atoms with Crippen LogP contribution in [-0.2, 0) is 11.3 Å². The number of aromatic amines is 1. The van der Waals surface area contributed by atoms with Gasteiger partial charge in [-0.3, -0.25) is 0 Å². The minimum atomic E-state index is -0.956. The topological polar surface area (TPSA) is 98.3 Å². The van der Waals surface area contributed by atoms with Gasteiger partial charge >= 0.3 is 12.0 Å². The molecule has 2 amide bonds. The molecule has 1 atom stereocenters. The second-order valence-electron chi connectivity index (χ2n) is 5.72. The summed E-state index contributed by atoms with van der Waals surface area (Å²) in [5.74, 6) is -0.315. The molecule has 7 nitrogen and oxygen atoms in total. The van der Waals surface area contributed by atoms with E-state index in [1.807, 2.05) is 13.8 Å². The molecule has 110 valence electrons. The van der Waals surface area contributed by atoms with E-state index in [1.165, 1.54) is 4.90 Å². The minimum absolute atomic E-state index is 0.259. The molecular formula is C13H20N4O3. The highest BCUT2D eigenvalue weighted by atomic mass is 16.4. The first-order valence-corrected chi connectivity index (χ1v) is 6.67. The van der Waals surface area contributed by atoms with E-state index in [0.29, 0.717) is 12.4 Å². The maximum absolute atomic E-state index is 12.2. The second-order valence-corrected chi connectivity index (χ2v) is 5.72. The van der Waals surface area contributed by atoms with Crippen molar-refractivity contribution < 1.29 is 14.7 Å². The lowest BCUT2D eigenvalue weighted by molar-refractivity contribution is -0.148. The molecular weight excluding hydrogens is 260 g/mol. The summed E-state index contributed by atoms with van der Waals surface area (Å²) >= 11 is 0. The maximum Gasteiger partial charge on any atom is 0.327 e. The SMILES string of the molecule is CC1(C)CCCN(C(=O)NCc2ncc[nH]2)C1C(=O)O. The Labute approximate surface area is 117 Å². The number of hydrogen-bond donors (Lipinski definition) is 3. The zero-order valence-corrected chi connectivity index (χ0v) is 11.7. The lowest BCUT2D eigenvalue weighted by Crippen LogP contribution is -2.58. The number of aromatic nitrogens is 2. The Morgan fingerprint density at radius 1 is 1.60 bits per heavy atom. The van der Waals surface area contributed by atoms with Crippen LogP contribution < -0.4 is 5.32 Å². The van der Waals surface area contributed by atoms with E-state index >= 15 is 0 Å². The van der Waals surface area contributed by atoms with E-state index in [1.54, 1.807) is 12.4 Å². The lowest BCUT2D eigenvalue weighted by Gasteiger charge is -2.43. The summed E-state index contributed by atoms with van der Waals surface area (Å²) in [6.45, 7) is 4.50. The number of rotatable bonds is 3. The molecule has 0 spiro atoms. The van der Waals surface area contributed by atoms with Crippen LogP contribution in [0.4, 0.5) is 4.79 Å². The van der Waals surface area contributed by atoms with Gasteiger partial charge in [0.05, 0.1) is 6.54 Å². The van der Waals surface area contributed by atoms with Gasteiger partial charge in [0.1, 0.15) is 11.9 Å². The number of carbonyl (C=O) groups excluding carboxylic acids is 1. The Kier molecular flexibility index (Phi) is 3.96. The van der Waals surface area contributed by atoms with Crippen LogP contribution in [0.1, 0.15) is 32.5 Å². The van der Waals surface area contributed by atoms with Gasteiger partial charge in [-0.2, -0.15) is 0 Å². The Morgan fingerprint density at radius 2 is 2.35 bits per heavy atom. The number of likely N-dealkylation sites (tertiary alicyclic amines) is 1. The molecule has 1 fully saturated rings. The molecule has 1 aromatic heterocycles. The van der Waals surface area contributed by atoms with Gasteiger partial charge < -0.3 is 20.3 Å². The van der Waals surface area contributed by atoms with Crippen LogP contribution in [0.2, 0.25) is 0 Å². The molecule has 1 aliphatic heterocycles. The van der Waals surface area contributed by atoms with Gasteiger partial charge in [0.2, 0.25) is 0 Å². The Morgan fingerprint density at radius 3 is 2.95 bits per heavy atom. The van der Waals surface area contributed by atoms with Crippen LogP contribution in [0.3, 0.4) is 0 Å². The van der Waals surface area contributed by atoms with E-state index in [4.69, 9.17) is 0 Å². The Bertz CT molecular complexity index is 484. The zero-order valence-electron chi connectivity index (χ0n) is 11.7. The van der Waals surface area contributed by atoms with Crippen molar-refractivity contribution in [2.75, 3.05) is 6.54 Å². The van der Waals surface area contributed by atoms with E-state index in [0.717, 1.165) is 12.8 Å². The summed E-state index contributed by atoms with van der Waals surface area (Å²) in [5, 5.41) is 12.1. The smallest absolute Gasteiger partial charge is 0.327 e. The fraction of sp³-hybridized carbons (Fsp3) is 0.615. The summed E-state index contributed by atoms with van der Waals surface area (Å²) in [4.78, 5) is 32.0. The molecule has 0 bridgehead atoms. The van der Waals surface area contributed by atoms with Gasteiger partial charge in [-0.1, -0.05) is 13.8 Å². The lowest BCUT2D eigenvalue weighted by atomic mass is 9.76. The summed E-state index contributed by atoms with van der Waals surface area (Å²) in [5.41, 5.74) is -0.424. The number of carboxylic acid groups (broad SMARTS) is 1. The molecule has 0 aromatic carbocycles. The summed E-state index contributed by atoms with van der Waals surface area (Å²) in [7, 11) is 0. The van der Waals surface area contributed by atoms with Gasteiger partial charge in [0, 0.05) is 18.9 Å². The largest absolute Gasteiger partial charge is 0.480 e. The van der Waals surface area contributed by atoms with E-state index in [2.05, 4.69) is 15.3 Å². The average Bonchev–Trinajstić information content (AvgIpc) is 2.86. The normalized spacial score (nSPS) is 21.5. The Balaban J connectivity index is 2.04. The first-order chi connectivity index (χ1) is 9.42. The van der Waals surface area contributed by atoms with Crippen molar-refractivity contribution in [2.24, 2.45) is 5.41 Å². The summed E-state index contributed by atoms with van der Waals surface area (Å²) in [6, 6.07) is -1.16. The molecule has 3 N–H and O–H groups in total. The van der Waals surface area contributed by atoms with Crippen molar-refractivity contribution >= 4 is 12.0 Å². The Hall–Kier alpha value is -2.05. The molecule has 1 unspecified atom stereocenters. The fourth-order valence-corrected chi connectivity index (χ4v) is 2.73. The van der Waals surface area contributed by atoms with E-state index in [-0.39, 0.29) is 12.6 Å². The molecule has 2 rings (SSSR count). The number of nitrogens with zero attached hydrogens (tertiary/aromatic N) is 2. The highest BCUT2D eigenvalue weighted by Crippen LogP contribution is 2.35. The van der Waals surface area contributed by atoms with Crippen molar-refractivity contribution in [3.8, 4) is 0 Å². The highest BCUT2D eigenvalue weighted by molar-refractivity contribution is 5.83. The first kappa shape index (κ1) is 14.4. The third kappa shape index (κ3) is 2.92. The van der Waals surface area contributed by atoms with Crippen molar-refractivity contribution in [2.45, 2.75) is 39.3 Å². The summed E-state index contributed by atoms with van der Waals surface area (Å²) < 4.78 is 0. The number of aliphatic carboxylic acids is 1. The molecule has 2 heterocycles. The summed E-state index contributed by atoms with van der Waals surface area (Å²) in [6.07, 6.45) is 4.88. The predicted octanol–water partition coefficient (Wildman–Crippen LogP) is 1.19. The van der Waals surface area contributed by atoms with Crippen LogP contribution in [0.5, 0.6) is 0 Å². The number of imidazole rings is 1. The molecule has 1 aliphatic rings. The predicted molar refractivity (Wildman–Crippen MR) is 72.0 cm³/mol. The number of carbonyl (C=O) groups is 2. The second kappa shape index (κ2) is 5.52.